The largest absolute Gasteiger partial charge is 0.493 e. The Bertz CT molecular complexity index is 1120. The van der Waals surface area contributed by atoms with Crippen molar-refractivity contribution in [1.29, 1.82) is 0 Å². The molecule has 2 N–H and O–H groups in total. The standard InChI is InChI=1S/C27H31N3O4S/c1-33-23-13-7-8-14-24(23)34-17-26-29-22(18-35-26)27(32)30-21-12-6-5-11-20(21)28-25(31)16-15-19-9-3-2-4-10-19/h2-4,7-10,13-14,18,20-21H,5-6,11-12,15-17H2,1H3,(H,28,31)(H,30,32)/t20-,21-/m0/s1. The summed E-state index contributed by atoms with van der Waals surface area (Å²) in [7, 11) is 1.60. The zero-order chi connectivity index (χ0) is 24.5. The number of nitrogens with one attached hydrogen (secondary N) is 2. The average molecular weight is 494 g/mol. The van der Waals surface area contributed by atoms with Gasteiger partial charge in [0.2, 0.25) is 5.91 Å². The highest BCUT2D eigenvalue weighted by atomic mass is 32.1. The number of aromatic nitrogens is 1. The summed E-state index contributed by atoms with van der Waals surface area (Å²) in [6.45, 7) is 0.252. The van der Waals surface area contributed by atoms with Gasteiger partial charge in [0.25, 0.3) is 5.91 Å². The van der Waals surface area contributed by atoms with Crippen LogP contribution in [0.1, 0.15) is 53.2 Å². The normalized spacial score (nSPS) is 17.4. The molecule has 4 rings (SSSR count). The topological polar surface area (TPSA) is 89.6 Å². The molecular formula is C27H31N3O4S. The summed E-state index contributed by atoms with van der Waals surface area (Å²) in [5.74, 6) is 1.07. The SMILES string of the molecule is COc1ccccc1OCc1nc(C(=O)N[C@H]2CCCC[C@@H]2NC(=O)CCc2ccccc2)cs1. The molecule has 0 radical (unpaired) electrons. The first-order chi connectivity index (χ1) is 17.1. The van der Waals surface area contributed by atoms with Gasteiger partial charge in [-0.15, -0.1) is 11.3 Å². The van der Waals surface area contributed by atoms with Gasteiger partial charge in [-0.05, 0) is 37.0 Å². The molecule has 0 aliphatic heterocycles. The first-order valence-corrected chi connectivity index (χ1v) is 12.8. The second-order valence-electron chi connectivity index (χ2n) is 8.59. The molecular weight excluding hydrogens is 462 g/mol. The maximum Gasteiger partial charge on any atom is 0.271 e. The van der Waals surface area contributed by atoms with Gasteiger partial charge in [0.15, 0.2) is 11.5 Å². The number of aryl methyl sites for hydroxylation is 1. The summed E-state index contributed by atoms with van der Waals surface area (Å²) < 4.78 is 11.1. The average Bonchev–Trinajstić information content (AvgIpc) is 3.37. The Morgan fingerprint density at radius 3 is 2.40 bits per heavy atom. The van der Waals surface area contributed by atoms with E-state index in [4.69, 9.17) is 9.47 Å². The Kier molecular flexibility index (Phi) is 8.73. The Labute approximate surface area is 209 Å². The predicted molar refractivity (Wildman–Crippen MR) is 136 cm³/mol. The van der Waals surface area contributed by atoms with Gasteiger partial charge >= 0.3 is 0 Å². The number of methoxy groups -OCH3 is 1. The zero-order valence-electron chi connectivity index (χ0n) is 19.9. The number of amides is 2. The fourth-order valence-electron chi connectivity index (χ4n) is 4.26. The van der Waals surface area contributed by atoms with Crippen LogP contribution < -0.4 is 20.1 Å². The van der Waals surface area contributed by atoms with E-state index < -0.39 is 0 Å². The van der Waals surface area contributed by atoms with E-state index >= 15 is 0 Å². The third kappa shape index (κ3) is 7.05. The number of nitrogens with zero attached hydrogens (tertiary/aromatic N) is 1. The van der Waals surface area contributed by atoms with Crippen LogP contribution in [-0.2, 0) is 17.8 Å². The Balaban J connectivity index is 1.29. The van der Waals surface area contributed by atoms with Crippen molar-refractivity contribution in [2.45, 2.75) is 57.2 Å². The molecule has 8 heteroatoms. The summed E-state index contributed by atoms with van der Waals surface area (Å²) in [5.41, 5.74) is 1.51. The molecule has 0 bridgehead atoms. The monoisotopic (exact) mass is 493 g/mol. The highest BCUT2D eigenvalue weighted by Gasteiger charge is 2.28. The van der Waals surface area contributed by atoms with E-state index in [1.54, 1.807) is 12.5 Å². The number of benzene rings is 2. The van der Waals surface area contributed by atoms with Crippen molar-refractivity contribution in [3.8, 4) is 11.5 Å². The zero-order valence-corrected chi connectivity index (χ0v) is 20.7. The van der Waals surface area contributed by atoms with Gasteiger partial charge in [-0.2, -0.15) is 0 Å². The van der Waals surface area contributed by atoms with E-state index in [9.17, 15) is 9.59 Å². The van der Waals surface area contributed by atoms with E-state index in [2.05, 4.69) is 15.6 Å². The lowest BCUT2D eigenvalue weighted by molar-refractivity contribution is -0.122. The number of hydrogen-bond donors (Lipinski definition) is 2. The van der Waals surface area contributed by atoms with Crippen LogP contribution in [-0.4, -0.2) is 36.0 Å². The minimum absolute atomic E-state index is 0.0180. The van der Waals surface area contributed by atoms with Crippen LogP contribution >= 0.6 is 11.3 Å². The Hall–Kier alpha value is -3.39. The summed E-state index contributed by atoms with van der Waals surface area (Å²) in [5, 5.41) is 8.69. The third-order valence-corrected chi connectivity index (χ3v) is 6.94. The Morgan fingerprint density at radius 2 is 1.66 bits per heavy atom. The van der Waals surface area contributed by atoms with Crippen LogP contribution in [0.15, 0.2) is 60.0 Å². The summed E-state index contributed by atoms with van der Waals surface area (Å²) in [4.78, 5) is 29.9. The smallest absolute Gasteiger partial charge is 0.271 e. The van der Waals surface area contributed by atoms with Gasteiger partial charge in [0.1, 0.15) is 17.3 Å². The minimum Gasteiger partial charge on any atom is -0.493 e. The lowest BCUT2D eigenvalue weighted by Gasteiger charge is -2.32. The van der Waals surface area contributed by atoms with Crippen LogP contribution in [0.2, 0.25) is 0 Å². The molecule has 1 heterocycles. The van der Waals surface area contributed by atoms with E-state index in [0.29, 0.717) is 35.0 Å². The number of carbonyl (C=O) groups is 2. The van der Waals surface area contributed by atoms with Crippen molar-refractivity contribution >= 4 is 23.2 Å². The fourth-order valence-corrected chi connectivity index (χ4v) is 4.94. The molecule has 7 nitrogen and oxygen atoms in total. The highest BCUT2D eigenvalue weighted by molar-refractivity contribution is 7.09. The molecule has 1 saturated carbocycles. The van der Waals surface area contributed by atoms with E-state index in [1.165, 1.54) is 11.3 Å². The molecule has 1 aliphatic carbocycles. The maximum absolute atomic E-state index is 12.9. The van der Waals surface area contributed by atoms with Crippen LogP contribution in [0.3, 0.4) is 0 Å². The van der Waals surface area contributed by atoms with Gasteiger partial charge in [-0.3, -0.25) is 9.59 Å². The number of ether oxygens (including phenoxy) is 2. The van der Waals surface area contributed by atoms with Crippen molar-refractivity contribution < 1.29 is 19.1 Å². The molecule has 0 spiro atoms. The van der Waals surface area contributed by atoms with Crippen molar-refractivity contribution in [3.05, 3.63) is 76.2 Å². The van der Waals surface area contributed by atoms with Crippen LogP contribution in [0.4, 0.5) is 0 Å². The van der Waals surface area contributed by atoms with Gasteiger partial charge in [0, 0.05) is 23.9 Å². The number of thiazole rings is 1. The van der Waals surface area contributed by atoms with Gasteiger partial charge in [-0.25, -0.2) is 4.98 Å². The van der Waals surface area contributed by atoms with E-state index in [1.807, 2.05) is 54.6 Å². The molecule has 1 aliphatic rings. The van der Waals surface area contributed by atoms with Crippen LogP contribution in [0.25, 0.3) is 0 Å². The second kappa shape index (κ2) is 12.4. The Morgan fingerprint density at radius 1 is 0.971 bits per heavy atom. The molecule has 2 atom stereocenters. The maximum atomic E-state index is 12.9. The fraction of sp³-hybridized carbons (Fsp3) is 0.370. The molecule has 35 heavy (non-hydrogen) atoms. The molecule has 3 aromatic rings. The molecule has 184 valence electrons. The molecule has 1 fully saturated rings. The number of carbonyl (C=O) groups excluding carboxylic acids is 2. The first kappa shape index (κ1) is 24.7. The van der Waals surface area contributed by atoms with Gasteiger partial charge in [0.05, 0.1) is 7.11 Å². The first-order valence-electron chi connectivity index (χ1n) is 12.0. The van der Waals surface area contributed by atoms with Crippen molar-refractivity contribution in [2.75, 3.05) is 7.11 Å². The number of rotatable bonds is 10. The lowest BCUT2D eigenvalue weighted by atomic mass is 9.90. The van der Waals surface area contributed by atoms with Crippen molar-refractivity contribution in [2.24, 2.45) is 0 Å². The van der Waals surface area contributed by atoms with Gasteiger partial charge in [-0.1, -0.05) is 55.3 Å². The lowest BCUT2D eigenvalue weighted by Crippen LogP contribution is -2.53. The van der Waals surface area contributed by atoms with Crippen LogP contribution in [0, 0.1) is 0 Å². The number of hydrogen-bond acceptors (Lipinski definition) is 6. The van der Waals surface area contributed by atoms with Crippen molar-refractivity contribution in [3.63, 3.8) is 0 Å². The van der Waals surface area contributed by atoms with Crippen LogP contribution in [0.5, 0.6) is 11.5 Å². The van der Waals surface area contributed by atoms with Crippen molar-refractivity contribution in [1.82, 2.24) is 15.6 Å². The summed E-state index contributed by atoms with van der Waals surface area (Å²) >= 11 is 1.38. The molecule has 2 aromatic carbocycles. The third-order valence-electron chi connectivity index (χ3n) is 6.12. The predicted octanol–water partition coefficient (Wildman–Crippen LogP) is 4.52. The van der Waals surface area contributed by atoms with Gasteiger partial charge < -0.3 is 20.1 Å². The van der Waals surface area contributed by atoms with E-state index in [0.717, 1.165) is 31.2 Å². The minimum atomic E-state index is -0.222. The summed E-state index contributed by atoms with van der Waals surface area (Å²) in [6.07, 6.45) is 4.89. The molecule has 0 saturated heterocycles. The molecule has 2 amide bonds. The highest BCUT2D eigenvalue weighted by Crippen LogP contribution is 2.27. The second-order valence-corrected chi connectivity index (χ2v) is 9.53. The number of para-hydroxylation sites is 2. The quantitative estimate of drug-likeness (QED) is 0.433. The molecule has 0 unspecified atom stereocenters. The van der Waals surface area contributed by atoms with E-state index in [-0.39, 0.29) is 30.5 Å². The molecule has 1 aromatic heterocycles. The summed E-state index contributed by atoms with van der Waals surface area (Å²) in [6, 6.07) is 17.2.